The first-order chi connectivity index (χ1) is 10.6. The van der Waals surface area contributed by atoms with E-state index in [0.29, 0.717) is 25.2 Å². The second-order valence-electron chi connectivity index (χ2n) is 7.76. The highest BCUT2D eigenvalue weighted by Gasteiger charge is 2.16. The van der Waals surface area contributed by atoms with Gasteiger partial charge in [-0.15, -0.1) is 0 Å². The Hall–Kier alpha value is -0.810. The zero-order valence-electron chi connectivity index (χ0n) is 16.2. The molecule has 5 nitrogen and oxygen atoms in total. The lowest BCUT2D eigenvalue weighted by Gasteiger charge is -2.24. The summed E-state index contributed by atoms with van der Waals surface area (Å²) in [6.45, 7) is 13.6. The smallest absolute Gasteiger partial charge is 0.407 e. The molecule has 0 aliphatic heterocycles. The fourth-order valence-corrected chi connectivity index (χ4v) is 2.34. The zero-order chi connectivity index (χ0) is 17.9. The van der Waals surface area contributed by atoms with Crippen LogP contribution in [0.2, 0.25) is 0 Å². The normalized spacial score (nSPS) is 14.6. The van der Waals surface area contributed by atoms with Gasteiger partial charge in [0.1, 0.15) is 5.60 Å². The van der Waals surface area contributed by atoms with Crippen LogP contribution in [0.5, 0.6) is 0 Å². The molecule has 0 rings (SSSR count). The molecule has 2 atom stereocenters. The Labute approximate surface area is 142 Å². The van der Waals surface area contributed by atoms with Gasteiger partial charge in [-0.3, -0.25) is 0 Å². The Morgan fingerprint density at radius 1 is 1.09 bits per heavy atom. The summed E-state index contributed by atoms with van der Waals surface area (Å²) in [6.07, 6.45) is 3.92. The summed E-state index contributed by atoms with van der Waals surface area (Å²) in [4.78, 5) is 11.6. The van der Waals surface area contributed by atoms with Gasteiger partial charge in [-0.25, -0.2) is 4.79 Å². The molecule has 0 aromatic rings. The van der Waals surface area contributed by atoms with Crippen molar-refractivity contribution in [2.45, 2.75) is 84.9 Å². The first-order valence-corrected chi connectivity index (χ1v) is 8.86. The number of hydrogen-bond acceptors (Lipinski definition) is 4. The molecule has 5 heteroatoms. The van der Waals surface area contributed by atoms with Crippen LogP contribution < -0.4 is 10.6 Å². The van der Waals surface area contributed by atoms with Crippen LogP contribution in [-0.2, 0) is 9.47 Å². The molecule has 2 N–H and O–H groups in total. The van der Waals surface area contributed by atoms with Crippen LogP contribution in [0.25, 0.3) is 0 Å². The number of rotatable bonds is 11. The fourth-order valence-electron chi connectivity index (χ4n) is 2.34. The summed E-state index contributed by atoms with van der Waals surface area (Å²) in [5.74, 6) is 0.734. The average molecular weight is 331 g/mol. The first kappa shape index (κ1) is 22.2. The van der Waals surface area contributed by atoms with Crippen LogP contribution in [0.3, 0.4) is 0 Å². The van der Waals surface area contributed by atoms with E-state index in [4.69, 9.17) is 9.47 Å². The van der Waals surface area contributed by atoms with E-state index in [1.165, 1.54) is 12.8 Å². The summed E-state index contributed by atoms with van der Waals surface area (Å²) in [7, 11) is 1.73. The van der Waals surface area contributed by atoms with E-state index >= 15 is 0 Å². The highest BCUT2D eigenvalue weighted by molar-refractivity contribution is 5.67. The van der Waals surface area contributed by atoms with Crippen LogP contribution in [0.1, 0.15) is 67.2 Å². The number of nitrogens with one attached hydrogen (secondary N) is 2. The predicted octanol–water partition coefficient (Wildman–Crippen LogP) is 3.72. The van der Waals surface area contributed by atoms with Crippen molar-refractivity contribution in [3.8, 4) is 0 Å². The molecular weight excluding hydrogens is 292 g/mol. The molecule has 0 bridgehead atoms. The van der Waals surface area contributed by atoms with Crippen molar-refractivity contribution in [3.63, 3.8) is 0 Å². The maximum Gasteiger partial charge on any atom is 0.407 e. The van der Waals surface area contributed by atoms with E-state index in [9.17, 15) is 4.79 Å². The minimum atomic E-state index is -0.448. The van der Waals surface area contributed by atoms with E-state index in [1.54, 1.807) is 7.11 Å². The summed E-state index contributed by atoms with van der Waals surface area (Å²) in [5.41, 5.74) is -0.448. The van der Waals surface area contributed by atoms with Gasteiger partial charge in [0.15, 0.2) is 0 Å². The van der Waals surface area contributed by atoms with Crippen molar-refractivity contribution in [1.82, 2.24) is 10.6 Å². The SMILES string of the molecule is COCC(CCCNC(=O)OC(C)(C)C)NC(C)CCC(C)C. The van der Waals surface area contributed by atoms with Crippen LogP contribution in [-0.4, -0.2) is 44.0 Å². The topological polar surface area (TPSA) is 59.6 Å². The molecule has 0 saturated heterocycles. The number of carbonyl (C=O) groups excluding carboxylic acids is 1. The third kappa shape index (κ3) is 14.5. The van der Waals surface area contributed by atoms with Crippen molar-refractivity contribution in [2.75, 3.05) is 20.3 Å². The van der Waals surface area contributed by atoms with Crippen LogP contribution in [0.4, 0.5) is 4.79 Å². The first-order valence-electron chi connectivity index (χ1n) is 8.86. The second kappa shape index (κ2) is 11.7. The minimum absolute atomic E-state index is 0.322. The number of hydrogen-bond donors (Lipinski definition) is 2. The Morgan fingerprint density at radius 3 is 2.26 bits per heavy atom. The molecule has 0 saturated carbocycles. The van der Waals surface area contributed by atoms with E-state index in [-0.39, 0.29) is 6.09 Å². The summed E-state index contributed by atoms with van der Waals surface area (Å²) in [5, 5.41) is 6.43. The van der Waals surface area contributed by atoms with Crippen LogP contribution in [0, 0.1) is 5.92 Å². The van der Waals surface area contributed by atoms with Gasteiger partial charge in [-0.1, -0.05) is 13.8 Å². The molecule has 138 valence electrons. The van der Waals surface area contributed by atoms with Gasteiger partial charge in [0.2, 0.25) is 0 Å². The number of amides is 1. The van der Waals surface area contributed by atoms with Gasteiger partial charge < -0.3 is 20.1 Å². The van der Waals surface area contributed by atoms with Crippen molar-refractivity contribution in [2.24, 2.45) is 5.92 Å². The van der Waals surface area contributed by atoms with Crippen molar-refractivity contribution < 1.29 is 14.3 Å². The van der Waals surface area contributed by atoms with E-state index in [1.807, 2.05) is 20.8 Å². The Kier molecular flexibility index (Phi) is 11.3. The standard InChI is InChI=1S/C18H38N2O3/c1-14(2)10-11-15(3)20-16(13-22-7)9-8-12-19-17(21)23-18(4,5)6/h14-16,20H,8-13H2,1-7H3,(H,19,21). The molecule has 0 aromatic heterocycles. The van der Waals surface area contributed by atoms with E-state index in [2.05, 4.69) is 31.4 Å². The molecule has 0 aliphatic carbocycles. The van der Waals surface area contributed by atoms with E-state index in [0.717, 1.165) is 18.8 Å². The fraction of sp³-hybridized carbons (Fsp3) is 0.944. The number of alkyl carbamates (subject to hydrolysis) is 1. The van der Waals surface area contributed by atoms with Gasteiger partial charge in [0.25, 0.3) is 0 Å². The maximum atomic E-state index is 11.6. The Morgan fingerprint density at radius 2 is 1.74 bits per heavy atom. The number of ether oxygens (including phenoxy) is 2. The highest BCUT2D eigenvalue weighted by Crippen LogP contribution is 2.09. The molecule has 0 spiro atoms. The molecule has 1 amide bonds. The lowest BCUT2D eigenvalue weighted by Crippen LogP contribution is -2.40. The Balaban J connectivity index is 3.97. The molecule has 0 fully saturated rings. The summed E-state index contributed by atoms with van der Waals surface area (Å²) in [6, 6.07) is 0.805. The van der Waals surface area contributed by atoms with Crippen molar-refractivity contribution in [3.05, 3.63) is 0 Å². The van der Waals surface area contributed by atoms with Gasteiger partial charge in [0, 0.05) is 25.7 Å². The molecule has 23 heavy (non-hydrogen) atoms. The molecule has 0 radical (unpaired) electrons. The third-order valence-corrected chi connectivity index (χ3v) is 3.46. The lowest BCUT2D eigenvalue weighted by atomic mass is 10.0. The monoisotopic (exact) mass is 330 g/mol. The van der Waals surface area contributed by atoms with Crippen LogP contribution in [0.15, 0.2) is 0 Å². The molecule has 0 aliphatic rings. The van der Waals surface area contributed by atoms with Gasteiger partial charge in [0.05, 0.1) is 6.61 Å². The van der Waals surface area contributed by atoms with Gasteiger partial charge in [-0.05, 0) is 59.3 Å². The van der Waals surface area contributed by atoms with Gasteiger partial charge >= 0.3 is 6.09 Å². The summed E-state index contributed by atoms with van der Waals surface area (Å²) >= 11 is 0. The molecule has 0 heterocycles. The molecular formula is C18H38N2O3. The van der Waals surface area contributed by atoms with Crippen LogP contribution >= 0.6 is 0 Å². The van der Waals surface area contributed by atoms with Gasteiger partial charge in [-0.2, -0.15) is 0 Å². The second-order valence-corrected chi connectivity index (χ2v) is 7.76. The van der Waals surface area contributed by atoms with E-state index < -0.39 is 5.60 Å². The quantitative estimate of drug-likeness (QED) is 0.567. The molecule has 2 unspecified atom stereocenters. The minimum Gasteiger partial charge on any atom is -0.444 e. The van der Waals surface area contributed by atoms with Crippen molar-refractivity contribution >= 4 is 6.09 Å². The average Bonchev–Trinajstić information content (AvgIpc) is 2.39. The largest absolute Gasteiger partial charge is 0.444 e. The number of carbonyl (C=O) groups is 1. The number of methoxy groups -OCH3 is 1. The third-order valence-electron chi connectivity index (χ3n) is 3.46. The summed E-state index contributed by atoms with van der Waals surface area (Å²) < 4.78 is 10.5. The molecule has 0 aromatic carbocycles. The Bertz CT molecular complexity index is 314. The maximum absolute atomic E-state index is 11.6. The highest BCUT2D eigenvalue weighted by atomic mass is 16.6. The lowest BCUT2D eigenvalue weighted by molar-refractivity contribution is 0.0526. The predicted molar refractivity (Wildman–Crippen MR) is 95.8 cm³/mol. The zero-order valence-corrected chi connectivity index (χ0v) is 16.2. The van der Waals surface area contributed by atoms with Crippen molar-refractivity contribution in [1.29, 1.82) is 0 Å².